The van der Waals surface area contributed by atoms with Gasteiger partial charge in [-0.2, -0.15) is 11.8 Å². The van der Waals surface area contributed by atoms with Crippen molar-refractivity contribution >= 4 is 23.6 Å². The zero-order valence-electron chi connectivity index (χ0n) is 13.9. The minimum Gasteiger partial charge on any atom is -0.465 e. The Morgan fingerprint density at radius 1 is 1.30 bits per heavy atom. The molecule has 0 aromatic carbocycles. The molecule has 118 valence electrons. The van der Waals surface area contributed by atoms with Crippen LogP contribution in [0.1, 0.15) is 41.0 Å². The highest BCUT2D eigenvalue weighted by Gasteiger charge is 2.41. The van der Waals surface area contributed by atoms with Crippen molar-refractivity contribution in [2.45, 2.75) is 47.1 Å². The van der Waals surface area contributed by atoms with Gasteiger partial charge in [0.1, 0.15) is 5.92 Å². The predicted octanol–water partition coefficient (Wildman–Crippen LogP) is 2.81. The summed E-state index contributed by atoms with van der Waals surface area (Å²) in [6.45, 7) is 9.75. The summed E-state index contributed by atoms with van der Waals surface area (Å²) in [7, 11) is 1.77. The highest BCUT2D eigenvalue weighted by Crippen LogP contribution is 2.29. The molecule has 0 aliphatic rings. The van der Waals surface area contributed by atoms with Gasteiger partial charge in [-0.3, -0.25) is 9.59 Å². The van der Waals surface area contributed by atoms with Crippen LogP contribution in [0.5, 0.6) is 0 Å². The molecule has 2 atom stereocenters. The Bertz CT molecular complexity index is 326. The van der Waals surface area contributed by atoms with Crippen LogP contribution in [0.3, 0.4) is 0 Å². The molecule has 0 heterocycles. The van der Waals surface area contributed by atoms with Crippen molar-refractivity contribution < 1.29 is 14.3 Å². The zero-order chi connectivity index (χ0) is 15.9. The number of carbonyl (C=O) groups excluding carboxylic acids is 2. The first-order chi connectivity index (χ1) is 9.16. The molecule has 0 saturated heterocycles. The lowest BCUT2D eigenvalue weighted by Gasteiger charge is -2.34. The second kappa shape index (κ2) is 8.55. The predicted molar refractivity (Wildman–Crippen MR) is 84.8 cm³/mol. The van der Waals surface area contributed by atoms with E-state index in [0.717, 1.165) is 12.2 Å². The second-order valence-corrected chi connectivity index (χ2v) is 7.12. The normalized spacial score (nSPS) is 14.6. The van der Waals surface area contributed by atoms with E-state index < -0.39 is 17.3 Å². The molecule has 20 heavy (non-hydrogen) atoms. The maximum absolute atomic E-state index is 12.6. The number of rotatable bonds is 7. The van der Waals surface area contributed by atoms with Crippen LogP contribution in [-0.4, -0.2) is 48.5 Å². The molecule has 0 aliphatic carbocycles. The summed E-state index contributed by atoms with van der Waals surface area (Å²) in [4.78, 5) is 26.4. The molecular weight excluding hydrogens is 274 g/mol. The van der Waals surface area contributed by atoms with Crippen molar-refractivity contribution in [1.29, 1.82) is 0 Å². The van der Waals surface area contributed by atoms with E-state index in [9.17, 15) is 9.59 Å². The molecule has 0 bridgehead atoms. The molecule has 0 aliphatic heterocycles. The van der Waals surface area contributed by atoms with E-state index in [1.807, 2.05) is 34.0 Å². The molecule has 4 nitrogen and oxygen atoms in total. The molecule has 2 unspecified atom stereocenters. The molecule has 0 spiro atoms. The summed E-state index contributed by atoms with van der Waals surface area (Å²) < 4.78 is 5.07. The Hall–Kier alpha value is -0.710. The fraction of sp³-hybridized carbons (Fsp3) is 0.867. The van der Waals surface area contributed by atoms with Gasteiger partial charge >= 0.3 is 5.97 Å². The van der Waals surface area contributed by atoms with Gasteiger partial charge in [-0.25, -0.2) is 0 Å². The average molecular weight is 303 g/mol. The molecule has 0 radical (unpaired) electrons. The standard InChI is InChI=1S/C15H29NO3S/c1-8-19-14(18)12(15(3,4)5)13(17)16(6)11(2)9-10-20-7/h11-12H,8-10H2,1-7H3. The summed E-state index contributed by atoms with van der Waals surface area (Å²) >= 11 is 1.76. The van der Waals surface area contributed by atoms with Crippen LogP contribution in [0, 0.1) is 11.3 Å². The monoisotopic (exact) mass is 303 g/mol. The van der Waals surface area contributed by atoms with Gasteiger partial charge in [0.2, 0.25) is 5.91 Å². The number of esters is 1. The largest absolute Gasteiger partial charge is 0.465 e. The van der Waals surface area contributed by atoms with Gasteiger partial charge in [0.25, 0.3) is 0 Å². The van der Waals surface area contributed by atoms with Gasteiger partial charge in [-0.15, -0.1) is 0 Å². The first kappa shape index (κ1) is 19.3. The Morgan fingerprint density at radius 3 is 2.25 bits per heavy atom. The summed E-state index contributed by atoms with van der Waals surface area (Å²) in [5.74, 6) is -0.319. The second-order valence-electron chi connectivity index (χ2n) is 6.13. The minimum atomic E-state index is -0.746. The van der Waals surface area contributed by atoms with E-state index in [-0.39, 0.29) is 11.9 Å². The zero-order valence-corrected chi connectivity index (χ0v) is 14.7. The van der Waals surface area contributed by atoms with Gasteiger partial charge in [0, 0.05) is 13.1 Å². The lowest BCUT2D eigenvalue weighted by atomic mass is 9.79. The number of hydrogen-bond acceptors (Lipinski definition) is 4. The van der Waals surface area contributed by atoms with Crippen LogP contribution >= 0.6 is 11.8 Å². The SMILES string of the molecule is CCOC(=O)C(C(=O)N(C)C(C)CCSC)C(C)(C)C. The van der Waals surface area contributed by atoms with E-state index >= 15 is 0 Å². The highest BCUT2D eigenvalue weighted by atomic mass is 32.2. The molecule has 0 fully saturated rings. The Labute approximate surface area is 127 Å². The fourth-order valence-corrected chi connectivity index (χ4v) is 2.53. The summed E-state index contributed by atoms with van der Waals surface area (Å²) in [5, 5.41) is 0. The maximum atomic E-state index is 12.6. The topological polar surface area (TPSA) is 46.6 Å². The molecule has 0 rings (SSSR count). The van der Waals surface area contributed by atoms with Gasteiger partial charge in [0.05, 0.1) is 6.61 Å². The van der Waals surface area contributed by atoms with Crippen molar-refractivity contribution in [1.82, 2.24) is 4.90 Å². The van der Waals surface area contributed by atoms with Crippen molar-refractivity contribution in [2.24, 2.45) is 11.3 Å². The quantitative estimate of drug-likeness (QED) is 0.536. The number of carbonyl (C=O) groups is 2. The molecule has 0 N–H and O–H groups in total. The Kier molecular flexibility index (Phi) is 8.25. The fourth-order valence-electron chi connectivity index (χ4n) is 1.95. The first-order valence-corrected chi connectivity index (χ1v) is 8.48. The Balaban J connectivity index is 5.00. The van der Waals surface area contributed by atoms with E-state index in [0.29, 0.717) is 6.61 Å². The van der Waals surface area contributed by atoms with Gasteiger partial charge in [-0.05, 0) is 37.7 Å². The van der Waals surface area contributed by atoms with Crippen LogP contribution in [0.15, 0.2) is 0 Å². The highest BCUT2D eigenvalue weighted by molar-refractivity contribution is 7.98. The molecule has 0 aromatic heterocycles. The molecule has 0 saturated carbocycles. The average Bonchev–Trinajstić information content (AvgIpc) is 2.33. The van der Waals surface area contributed by atoms with Crippen LogP contribution in [0.25, 0.3) is 0 Å². The first-order valence-electron chi connectivity index (χ1n) is 7.09. The minimum absolute atomic E-state index is 0.120. The summed E-state index contributed by atoms with van der Waals surface area (Å²) in [6, 6.07) is 0.120. The van der Waals surface area contributed by atoms with Crippen LogP contribution < -0.4 is 0 Å². The van der Waals surface area contributed by atoms with E-state index in [4.69, 9.17) is 4.74 Å². The molecule has 0 aromatic rings. The number of ether oxygens (including phenoxy) is 1. The number of hydrogen-bond donors (Lipinski definition) is 0. The van der Waals surface area contributed by atoms with Crippen molar-refractivity contribution in [3.8, 4) is 0 Å². The molecule has 1 amide bonds. The molecule has 5 heteroatoms. The summed E-state index contributed by atoms with van der Waals surface area (Å²) in [6.07, 6.45) is 2.97. The van der Waals surface area contributed by atoms with Crippen LogP contribution in [0.2, 0.25) is 0 Å². The smallest absolute Gasteiger partial charge is 0.319 e. The van der Waals surface area contributed by atoms with Gasteiger partial charge in [0.15, 0.2) is 0 Å². The maximum Gasteiger partial charge on any atom is 0.319 e. The number of amides is 1. The van der Waals surface area contributed by atoms with Crippen LogP contribution in [-0.2, 0) is 14.3 Å². The molecular formula is C15H29NO3S. The van der Waals surface area contributed by atoms with E-state index in [1.54, 1.807) is 30.6 Å². The van der Waals surface area contributed by atoms with Crippen LogP contribution in [0.4, 0.5) is 0 Å². The van der Waals surface area contributed by atoms with Gasteiger partial charge < -0.3 is 9.64 Å². The lowest BCUT2D eigenvalue weighted by Crippen LogP contribution is -2.47. The van der Waals surface area contributed by atoms with Crippen molar-refractivity contribution in [3.05, 3.63) is 0 Å². The van der Waals surface area contributed by atoms with E-state index in [1.165, 1.54) is 0 Å². The summed E-state index contributed by atoms with van der Waals surface area (Å²) in [5.41, 5.74) is -0.448. The number of nitrogens with zero attached hydrogens (tertiary/aromatic N) is 1. The van der Waals surface area contributed by atoms with E-state index in [2.05, 4.69) is 0 Å². The third kappa shape index (κ3) is 5.73. The van der Waals surface area contributed by atoms with Crippen molar-refractivity contribution in [2.75, 3.05) is 25.7 Å². The number of thioether (sulfide) groups is 1. The Morgan fingerprint density at radius 2 is 1.85 bits per heavy atom. The van der Waals surface area contributed by atoms with Crippen molar-refractivity contribution in [3.63, 3.8) is 0 Å². The lowest BCUT2D eigenvalue weighted by molar-refractivity contribution is -0.160. The van der Waals surface area contributed by atoms with Gasteiger partial charge in [-0.1, -0.05) is 20.8 Å². The third-order valence-corrected chi connectivity index (χ3v) is 4.03. The third-order valence-electron chi connectivity index (χ3n) is 3.38.